The molecule has 0 atom stereocenters. The van der Waals surface area contributed by atoms with Crippen LogP contribution in [0.3, 0.4) is 0 Å². The van der Waals surface area contributed by atoms with Crippen LogP contribution >= 0.6 is 0 Å². The van der Waals surface area contributed by atoms with E-state index in [1.807, 2.05) is 62.4 Å². The van der Waals surface area contributed by atoms with Crippen molar-refractivity contribution in [1.82, 2.24) is 0 Å². The summed E-state index contributed by atoms with van der Waals surface area (Å²) >= 11 is 0. The first kappa shape index (κ1) is 37.3. The number of nitrogen functional groups attached to an aromatic ring is 1. The molecule has 0 heterocycles. The van der Waals surface area contributed by atoms with Crippen molar-refractivity contribution < 1.29 is 39.8 Å². The summed E-state index contributed by atoms with van der Waals surface area (Å²) in [6.07, 6.45) is 4.59. The topological polar surface area (TPSA) is 144 Å². The first-order chi connectivity index (χ1) is 19.2. The van der Waals surface area contributed by atoms with Crippen LogP contribution in [0.25, 0.3) is 0 Å². The molecule has 0 bridgehead atoms. The van der Waals surface area contributed by atoms with E-state index >= 15 is 0 Å². The molecule has 0 saturated heterocycles. The summed E-state index contributed by atoms with van der Waals surface area (Å²) in [6, 6.07) is 28.6. The van der Waals surface area contributed by atoms with Crippen LogP contribution in [-0.2, 0) is 12.8 Å². The number of phenolic OH excluding ortho intramolecular Hbond substituents is 2. The van der Waals surface area contributed by atoms with Crippen molar-refractivity contribution in [2.75, 3.05) is 5.73 Å². The van der Waals surface area contributed by atoms with E-state index in [0.29, 0.717) is 5.75 Å². The van der Waals surface area contributed by atoms with Gasteiger partial charge in [-0.1, -0.05) is 69.2 Å². The first-order valence-corrected chi connectivity index (χ1v) is 13.1. The van der Waals surface area contributed by atoms with E-state index in [0.717, 1.165) is 52.8 Å². The van der Waals surface area contributed by atoms with Crippen LogP contribution in [0.5, 0.6) is 11.5 Å². The maximum absolute atomic E-state index is 9.44. The van der Waals surface area contributed by atoms with Gasteiger partial charge < -0.3 is 26.1 Å². The number of para-hydroxylation sites is 1. The number of aryl methyl sites for hydroxylation is 4. The van der Waals surface area contributed by atoms with Crippen LogP contribution in [0.2, 0.25) is 0 Å². The van der Waals surface area contributed by atoms with Gasteiger partial charge in [-0.05, 0) is 97.5 Å². The standard InChI is InChI=1S/C16H18N2O.C9H13N.C7H8O.HNO2.Na/c1-3-4-13-5-7-14(8-6-13)17-18-15-9-10-16(19)12(2)11-15;1-2-3-8-4-6-9(10)7-5-8;1-6-4-2-3-5-7(6)8;2-1-3;/h5-11,19H,3-4H2,1-2H3;4-7H,2-3,10H2,1H3;2-5,8H,1H3;(H,2,3);/q;;;;+1/p-1. The minimum absolute atomic E-state index is 0. The van der Waals surface area contributed by atoms with E-state index in [2.05, 4.69) is 48.3 Å². The van der Waals surface area contributed by atoms with Gasteiger partial charge in [0.15, 0.2) is 0 Å². The number of phenols is 2. The molecular weight excluding hydrogens is 527 g/mol. The molecule has 0 saturated carbocycles. The van der Waals surface area contributed by atoms with Crippen LogP contribution in [-0.4, -0.2) is 10.2 Å². The molecule has 8 nitrogen and oxygen atoms in total. The fourth-order valence-electron chi connectivity index (χ4n) is 3.37. The quantitative estimate of drug-likeness (QED) is 0.0831. The van der Waals surface area contributed by atoms with Crippen molar-refractivity contribution in [2.45, 2.75) is 53.4 Å². The molecule has 0 radical (unpaired) electrons. The minimum atomic E-state index is 0. The average molecular weight is 567 g/mol. The summed E-state index contributed by atoms with van der Waals surface area (Å²) in [5.74, 6) is 0.648. The number of azo groups is 1. The van der Waals surface area contributed by atoms with Gasteiger partial charge in [-0.3, -0.25) is 0 Å². The van der Waals surface area contributed by atoms with Gasteiger partial charge in [0.25, 0.3) is 0 Å². The van der Waals surface area contributed by atoms with Crippen molar-refractivity contribution >= 4 is 17.1 Å². The van der Waals surface area contributed by atoms with Crippen LogP contribution in [0.15, 0.2) is 107 Å². The monoisotopic (exact) mass is 566 g/mol. The molecule has 0 aromatic heterocycles. The molecular formula is C32H39N4NaO4. The molecule has 0 spiro atoms. The summed E-state index contributed by atoms with van der Waals surface area (Å²) < 4.78 is 0. The maximum Gasteiger partial charge on any atom is 1.00 e. The molecule has 0 unspecified atom stereocenters. The Morgan fingerprint density at radius 3 is 1.56 bits per heavy atom. The Labute approximate surface area is 265 Å². The molecule has 212 valence electrons. The van der Waals surface area contributed by atoms with E-state index < -0.39 is 0 Å². The minimum Gasteiger partial charge on any atom is -0.508 e. The van der Waals surface area contributed by atoms with Gasteiger partial charge in [0, 0.05) is 5.69 Å². The Hall–Kier alpha value is -3.72. The third kappa shape index (κ3) is 16.2. The molecule has 0 aliphatic rings. The number of rotatable bonds is 6. The molecule has 0 aliphatic heterocycles. The van der Waals surface area contributed by atoms with Gasteiger partial charge >= 0.3 is 29.6 Å². The summed E-state index contributed by atoms with van der Waals surface area (Å²) in [7, 11) is 0. The third-order valence-corrected chi connectivity index (χ3v) is 5.57. The van der Waals surface area contributed by atoms with Gasteiger partial charge in [-0.15, -0.1) is 5.34 Å². The number of hydrogen-bond donors (Lipinski definition) is 3. The van der Waals surface area contributed by atoms with Crippen molar-refractivity contribution in [3.8, 4) is 11.5 Å². The number of aromatic hydroxyl groups is 2. The largest absolute Gasteiger partial charge is 1.00 e. The van der Waals surface area contributed by atoms with E-state index in [9.17, 15) is 5.11 Å². The van der Waals surface area contributed by atoms with Crippen LogP contribution < -0.4 is 35.3 Å². The second-order valence-electron chi connectivity index (χ2n) is 8.94. The number of nitrogens with zero attached hydrogens (tertiary/aromatic N) is 3. The van der Waals surface area contributed by atoms with E-state index in [1.54, 1.807) is 18.2 Å². The zero-order valence-corrected chi connectivity index (χ0v) is 26.6. The Bertz CT molecular complexity index is 1280. The Kier molecular flexibility index (Phi) is 20.0. The molecule has 0 amide bonds. The molecule has 4 aromatic carbocycles. The third-order valence-electron chi connectivity index (χ3n) is 5.57. The average Bonchev–Trinajstić information content (AvgIpc) is 2.95. The molecule has 9 heteroatoms. The van der Waals surface area contributed by atoms with Crippen LogP contribution in [0.1, 0.15) is 48.9 Å². The van der Waals surface area contributed by atoms with E-state index in [4.69, 9.17) is 21.0 Å². The Morgan fingerprint density at radius 1 is 0.683 bits per heavy atom. The first-order valence-electron chi connectivity index (χ1n) is 13.1. The van der Waals surface area contributed by atoms with Crippen molar-refractivity contribution in [2.24, 2.45) is 15.6 Å². The smallest absolute Gasteiger partial charge is 0.508 e. The Morgan fingerprint density at radius 2 is 1.12 bits per heavy atom. The molecule has 4 aromatic rings. The second-order valence-corrected chi connectivity index (χ2v) is 8.94. The van der Waals surface area contributed by atoms with Crippen LogP contribution in [0.4, 0.5) is 17.1 Å². The summed E-state index contributed by atoms with van der Waals surface area (Å²) in [5.41, 5.74) is 12.4. The van der Waals surface area contributed by atoms with Gasteiger partial charge in [0.05, 0.1) is 11.4 Å². The number of benzene rings is 4. The van der Waals surface area contributed by atoms with Gasteiger partial charge in [0.2, 0.25) is 0 Å². The molecule has 4 rings (SSSR count). The number of hydrogen-bond acceptors (Lipinski definition) is 8. The van der Waals surface area contributed by atoms with Gasteiger partial charge in [0.1, 0.15) is 11.5 Å². The normalized spacial score (nSPS) is 9.56. The molecule has 0 aliphatic carbocycles. The fourth-order valence-corrected chi connectivity index (χ4v) is 3.37. The predicted molar refractivity (Wildman–Crippen MR) is 164 cm³/mol. The SMILES string of the molecule is CCCc1ccc(N)cc1.CCCc1ccc(N=Nc2ccc(O)c(C)c2)cc1.Cc1ccccc1O.O=N[O-].[Na+]. The van der Waals surface area contributed by atoms with E-state index in [1.165, 1.54) is 17.5 Å². The van der Waals surface area contributed by atoms with Crippen molar-refractivity contribution in [1.29, 1.82) is 0 Å². The summed E-state index contributed by atoms with van der Waals surface area (Å²) in [6.45, 7) is 8.06. The number of anilines is 1. The molecule has 0 fully saturated rings. The fraction of sp³-hybridized carbons (Fsp3) is 0.250. The van der Waals surface area contributed by atoms with Crippen LogP contribution in [0, 0.1) is 24.0 Å². The predicted octanol–water partition coefficient (Wildman–Crippen LogP) is 6.25. The maximum atomic E-state index is 9.44. The Balaban J connectivity index is 0.000000611. The second kappa shape index (κ2) is 22.0. The number of nitrogens with two attached hydrogens (primary N) is 1. The molecule has 41 heavy (non-hydrogen) atoms. The van der Waals surface area contributed by atoms with Gasteiger partial charge in [-0.2, -0.15) is 10.2 Å². The summed E-state index contributed by atoms with van der Waals surface area (Å²) in [5, 5.41) is 35.7. The van der Waals surface area contributed by atoms with Gasteiger partial charge in [-0.25, -0.2) is 0 Å². The molecule has 4 N–H and O–H groups in total. The van der Waals surface area contributed by atoms with E-state index in [-0.39, 0.29) is 35.3 Å². The summed E-state index contributed by atoms with van der Waals surface area (Å²) in [4.78, 5) is 8.00. The zero-order valence-electron chi connectivity index (χ0n) is 24.6. The van der Waals surface area contributed by atoms with Crippen molar-refractivity contribution in [3.63, 3.8) is 0 Å². The van der Waals surface area contributed by atoms with Crippen molar-refractivity contribution in [3.05, 3.63) is 123 Å². The zero-order chi connectivity index (χ0) is 29.8.